The first kappa shape index (κ1) is 16.5. The molecule has 2 aromatic rings. The predicted molar refractivity (Wildman–Crippen MR) is 86.7 cm³/mol. The van der Waals surface area contributed by atoms with E-state index in [1.807, 2.05) is 30.3 Å². The summed E-state index contributed by atoms with van der Waals surface area (Å²) in [6, 6.07) is 20.9. The van der Waals surface area contributed by atoms with E-state index < -0.39 is 0 Å². The van der Waals surface area contributed by atoms with Crippen molar-refractivity contribution in [1.82, 2.24) is 4.90 Å². The first-order chi connectivity index (χ1) is 9.27. The van der Waals surface area contributed by atoms with Crippen molar-refractivity contribution in [3.8, 4) is 5.75 Å². The van der Waals surface area contributed by atoms with Crippen LogP contribution < -0.4 is 4.74 Å². The first-order valence-corrected chi connectivity index (χ1v) is 6.66. The fourth-order valence-corrected chi connectivity index (χ4v) is 2.20. The zero-order valence-corrected chi connectivity index (χ0v) is 12.8. The number of hydrogen-bond donors (Lipinski definition) is 0. The van der Waals surface area contributed by atoms with Crippen molar-refractivity contribution in [2.75, 3.05) is 20.7 Å². The molecule has 0 amide bonds. The predicted octanol–water partition coefficient (Wildman–Crippen LogP) is 4.18. The molecule has 3 heteroatoms. The van der Waals surface area contributed by atoms with E-state index in [0.717, 1.165) is 18.8 Å². The third-order valence-electron chi connectivity index (χ3n) is 3.21. The van der Waals surface area contributed by atoms with Crippen LogP contribution in [0.1, 0.15) is 18.0 Å². The van der Waals surface area contributed by atoms with Gasteiger partial charge in [0.2, 0.25) is 0 Å². The summed E-state index contributed by atoms with van der Waals surface area (Å²) in [6.07, 6.45) is 0.978. The minimum atomic E-state index is 0. The smallest absolute Gasteiger partial charge is 0.119 e. The Labute approximate surface area is 127 Å². The molecular weight excluding hydrogens is 270 g/mol. The van der Waals surface area contributed by atoms with Gasteiger partial charge in [0.1, 0.15) is 5.75 Å². The summed E-state index contributed by atoms with van der Waals surface area (Å²) in [7, 11) is 4.22. The third kappa shape index (κ3) is 4.87. The molecule has 2 rings (SSSR count). The van der Waals surface area contributed by atoms with Crippen molar-refractivity contribution in [1.29, 1.82) is 0 Å². The molecule has 0 radical (unpaired) electrons. The molecule has 0 heterocycles. The number of nitrogens with zero attached hydrogens (tertiary/aromatic N) is 1. The first-order valence-electron chi connectivity index (χ1n) is 6.66. The molecule has 0 aliphatic heterocycles. The Morgan fingerprint density at radius 3 is 2.00 bits per heavy atom. The lowest BCUT2D eigenvalue weighted by Gasteiger charge is -2.24. The molecule has 0 aromatic heterocycles. The Bertz CT molecular complexity index is 473. The van der Waals surface area contributed by atoms with Crippen molar-refractivity contribution < 1.29 is 4.74 Å². The third-order valence-corrected chi connectivity index (χ3v) is 3.21. The van der Waals surface area contributed by atoms with Crippen molar-refractivity contribution >= 4 is 12.4 Å². The lowest BCUT2D eigenvalue weighted by atomic mass is 10.0. The van der Waals surface area contributed by atoms with Crippen molar-refractivity contribution in [2.24, 2.45) is 0 Å². The van der Waals surface area contributed by atoms with Crippen LogP contribution in [0.5, 0.6) is 5.75 Å². The van der Waals surface area contributed by atoms with Gasteiger partial charge < -0.3 is 9.64 Å². The molecule has 0 spiro atoms. The van der Waals surface area contributed by atoms with E-state index >= 15 is 0 Å². The molecular formula is C17H22ClNO. The van der Waals surface area contributed by atoms with Crippen LogP contribution in [-0.4, -0.2) is 25.6 Å². The van der Waals surface area contributed by atoms with Crippen LogP contribution in [0.15, 0.2) is 60.7 Å². The van der Waals surface area contributed by atoms with E-state index in [4.69, 9.17) is 4.74 Å². The molecule has 1 atom stereocenters. The van der Waals surface area contributed by atoms with Gasteiger partial charge >= 0.3 is 0 Å². The largest absolute Gasteiger partial charge is 0.494 e. The van der Waals surface area contributed by atoms with Crippen LogP contribution in [-0.2, 0) is 0 Å². The fraction of sp³-hybridized carbons (Fsp3) is 0.294. The summed E-state index contributed by atoms with van der Waals surface area (Å²) in [5, 5.41) is 0. The van der Waals surface area contributed by atoms with E-state index in [2.05, 4.69) is 49.3 Å². The van der Waals surface area contributed by atoms with E-state index in [1.165, 1.54) is 5.56 Å². The molecule has 0 saturated heterocycles. The SMILES string of the molecule is CN(C)C(CCOc1ccccc1)c1ccccc1.Cl. The normalized spacial score (nSPS) is 11.8. The average Bonchev–Trinajstić information content (AvgIpc) is 2.45. The van der Waals surface area contributed by atoms with Crippen LogP contribution in [0, 0.1) is 0 Å². The van der Waals surface area contributed by atoms with Gasteiger partial charge in [-0.15, -0.1) is 12.4 Å². The van der Waals surface area contributed by atoms with Gasteiger partial charge in [-0.1, -0.05) is 48.5 Å². The quantitative estimate of drug-likeness (QED) is 0.791. The van der Waals surface area contributed by atoms with Crippen LogP contribution in [0.2, 0.25) is 0 Å². The minimum Gasteiger partial charge on any atom is -0.494 e. The summed E-state index contributed by atoms with van der Waals surface area (Å²) in [5.74, 6) is 0.938. The maximum absolute atomic E-state index is 5.78. The minimum absolute atomic E-state index is 0. The molecule has 0 aliphatic rings. The lowest BCUT2D eigenvalue weighted by Crippen LogP contribution is -2.22. The van der Waals surface area contributed by atoms with Gasteiger partial charge in [-0.05, 0) is 31.8 Å². The monoisotopic (exact) mass is 291 g/mol. The summed E-state index contributed by atoms with van der Waals surface area (Å²) in [4.78, 5) is 2.24. The Kier molecular flexibility index (Phi) is 7.13. The van der Waals surface area contributed by atoms with Crippen LogP contribution in [0.4, 0.5) is 0 Å². The van der Waals surface area contributed by atoms with Gasteiger partial charge in [-0.2, -0.15) is 0 Å². The zero-order valence-electron chi connectivity index (χ0n) is 12.0. The second kappa shape index (κ2) is 8.62. The van der Waals surface area contributed by atoms with Crippen LogP contribution in [0.25, 0.3) is 0 Å². The second-order valence-corrected chi connectivity index (χ2v) is 4.84. The maximum Gasteiger partial charge on any atom is 0.119 e. The highest BCUT2D eigenvalue weighted by molar-refractivity contribution is 5.85. The van der Waals surface area contributed by atoms with Crippen molar-refractivity contribution in [2.45, 2.75) is 12.5 Å². The topological polar surface area (TPSA) is 12.5 Å². The molecule has 2 nitrogen and oxygen atoms in total. The number of rotatable bonds is 6. The zero-order chi connectivity index (χ0) is 13.5. The lowest BCUT2D eigenvalue weighted by molar-refractivity contribution is 0.223. The molecule has 0 aliphatic carbocycles. The Morgan fingerprint density at radius 2 is 1.45 bits per heavy atom. The molecule has 0 bridgehead atoms. The number of para-hydroxylation sites is 1. The number of benzene rings is 2. The van der Waals surface area contributed by atoms with Gasteiger partial charge in [0.05, 0.1) is 6.61 Å². The summed E-state index contributed by atoms with van der Waals surface area (Å²) >= 11 is 0. The van der Waals surface area contributed by atoms with Gasteiger partial charge in [0.25, 0.3) is 0 Å². The highest BCUT2D eigenvalue weighted by Crippen LogP contribution is 2.22. The molecule has 2 aromatic carbocycles. The highest BCUT2D eigenvalue weighted by Gasteiger charge is 2.13. The maximum atomic E-state index is 5.78. The van der Waals surface area contributed by atoms with Gasteiger partial charge in [-0.3, -0.25) is 0 Å². The highest BCUT2D eigenvalue weighted by atomic mass is 35.5. The van der Waals surface area contributed by atoms with E-state index in [0.29, 0.717) is 6.04 Å². The van der Waals surface area contributed by atoms with Crippen molar-refractivity contribution in [3.63, 3.8) is 0 Å². The Hall–Kier alpha value is -1.51. The van der Waals surface area contributed by atoms with Gasteiger partial charge in [0.15, 0.2) is 0 Å². The molecule has 0 fully saturated rings. The van der Waals surface area contributed by atoms with Crippen LogP contribution >= 0.6 is 12.4 Å². The Balaban J connectivity index is 0.00000200. The van der Waals surface area contributed by atoms with E-state index in [1.54, 1.807) is 0 Å². The molecule has 108 valence electrons. The van der Waals surface area contributed by atoms with E-state index in [-0.39, 0.29) is 12.4 Å². The summed E-state index contributed by atoms with van der Waals surface area (Å²) < 4.78 is 5.78. The Morgan fingerprint density at radius 1 is 0.900 bits per heavy atom. The molecule has 0 N–H and O–H groups in total. The van der Waals surface area contributed by atoms with Crippen LogP contribution in [0.3, 0.4) is 0 Å². The standard InChI is InChI=1S/C17H21NO.ClH/c1-18(2)17(15-9-5-3-6-10-15)13-14-19-16-11-7-4-8-12-16;/h3-12,17H,13-14H2,1-2H3;1H. The van der Waals surface area contributed by atoms with Crippen molar-refractivity contribution in [3.05, 3.63) is 66.2 Å². The van der Waals surface area contributed by atoms with Gasteiger partial charge in [0, 0.05) is 12.5 Å². The summed E-state index contributed by atoms with van der Waals surface area (Å²) in [5.41, 5.74) is 1.34. The molecule has 1 unspecified atom stereocenters. The van der Waals surface area contributed by atoms with Gasteiger partial charge in [-0.25, -0.2) is 0 Å². The van der Waals surface area contributed by atoms with E-state index in [9.17, 15) is 0 Å². The molecule has 0 saturated carbocycles. The molecule has 20 heavy (non-hydrogen) atoms. The summed E-state index contributed by atoms with van der Waals surface area (Å²) in [6.45, 7) is 0.724. The number of ether oxygens (including phenoxy) is 1. The fourth-order valence-electron chi connectivity index (χ4n) is 2.20. The average molecular weight is 292 g/mol. The number of hydrogen-bond acceptors (Lipinski definition) is 2. The number of halogens is 1. The second-order valence-electron chi connectivity index (χ2n) is 4.84.